The van der Waals surface area contributed by atoms with Gasteiger partial charge >= 0.3 is 0 Å². The fourth-order valence-electron chi connectivity index (χ4n) is 2.49. The topological polar surface area (TPSA) is 39.7 Å². The summed E-state index contributed by atoms with van der Waals surface area (Å²) >= 11 is 5.91. The van der Waals surface area contributed by atoms with Crippen LogP contribution in [0.4, 0.5) is 4.39 Å². The Balaban J connectivity index is 0.00000364. The molecule has 0 amide bonds. The Bertz CT molecular complexity index is 735. The van der Waals surface area contributed by atoms with Crippen molar-refractivity contribution in [3.05, 3.63) is 70.0 Å². The molecule has 7 heteroatoms. The van der Waals surface area contributed by atoms with Crippen molar-refractivity contribution < 1.29 is 4.39 Å². The molecule has 0 aliphatic heterocycles. The maximum atomic E-state index is 13.9. The van der Waals surface area contributed by atoms with Crippen LogP contribution in [0.2, 0.25) is 5.02 Å². The standard InChI is InChI=1S/C20H26ClFN4.HI/c1-4-23-20(24-12-15-5-8-18(21)9-6-15)25-13-16-7-10-19(22)17(11-16)14-26(2)3;/h5-11H,4,12-14H2,1-3H3,(H2,23,24,25);1H. The van der Waals surface area contributed by atoms with Crippen LogP contribution in [-0.2, 0) is 19.6 Å². The van der Waals surface area contributed by atoms with Crippen LogP contribution in [0.15, 0.2) is 47.5 Å². The second kappa shape index (κ2) is 12.2. The molecule has 2 rings (SSSR count). The Labute approximate surface area is 183 Å². The predicted molar refractivity (Wildman–Crippen MR) is 122 cm³/mol. The number of halogens is 3. The maximum absolute atomic E-state index is 13.9. The summed E-state index contributed by atoms with van der Waals surface area (Å²) in [7, 11) is 3.85. The normalized spacial score (nSPS) is 11.3. The van der Waals surface area contributed by atoms with E-state index in [1.54, 1.807) is 6.07 Å². The third-order valence-electron chi connectivity index (χ3n) is 3.73. The largest absolute Gasteiger partial charge is 0.357 e. The van der Waals surface area contributed by atoms with E-state index in [1.807, 2.05) is 56.3 Å². The molecule has 27 heavy (non-hydrogen) atoms. The lowest BCUT2D eigenvalue weighted by molar-refractivity contribution is 0.392. The first kappa shape index (κ1) is 23.7. The lowest BCUT2D eigenvalue weighted by Gasteiger charge is -2.13. The number of nitrogens with one attached hydrogen (secondary N) is 2. The van der Waals surface area contributed by atoms with E-state index in [4.69, 9.17) is 11.6 Å². The number of hydrogen-bond donors (Lipinski definition) is 2. The fourth-order valence-corrected chi connectivity index (χ4v) is 2.61. The Kier molecular flexibility index (Phi) is 10.6. The second-order valence-electron chi connectivity index (χ2n) is 6.34. The fraction of sp³-hybridized carbons (Fsp3) is 0.350. The van der Waals surface area contributed by atoms with E-state index in [1.165, 1.54) is 6.07 Å². The van der Waals surface area contributed by atoms with Crippen LogP contribution < -0.4 is 10.6 Å². The first-order valence-corrected chi connectivity index (χ1v) is 9.04. The molecule has 0 radical (unpaired) electrons. The van der Waals surface area contributed by atoms with Crippen molar-refractivity contribution >= 4 is 41.5 Å². The molecular formula is C20H27ClFIN4. The summed E-state index contributed by atoms with van der Waals surface area (Å²) in [6.07, 6.45) is 0. The highest BCUT2D eigenvalue weighted by Gasteiger charge is 2.05. The SMILES string of the molecule is CCNC(=NCc1ccc(F)c(CN(C)C)c1)NCc1ccc(Cl)cc1.I. The second-order valence-corrected chi connectivity index (χ2v) is 6.78. The van der Waals surface area contributed by atoms with Crippen LogP contribution >= 0.6 is 35.6 Å². The Hall–Kier alpha value is -1.38. The van der Waals surface area contributed by atoms with Gasteiger partial charge in [0.2, 0.25) is 0 Å². The summed E-state index contributed by atoms with van der Waals surface area (Å²) in [5, 5.41) is 7.24. The summed E-state index contributed by atoms with van der Waals surface area (Å²) in [6, 6.07) is 12.9. The third kappa shape index (κ3) is 8.45. The molecule has 0 saturated carbocycles. The first-order chi connectivity index (χ1) is 12.5. The van der Waals surface area contributed by atoms with Crippen LogP contribution in [0, 0.1) is 5.82 Å². The van der Waals surface area contributed by atoms with E-state index in [-0.39, 0.29) is 29.8 Å². The molecule has 2 aromatic carbocycles. The molecule has 0 atom stereocenters. The number of aliphatic imine (C=N–C) groups is 1. The first-order valence-electron chi connectivity index (χ1n) is 8.66. The lowest BCUT2D eigenvalue weighted by Crippen LogP contribution is -2.36. The highest BCUT2D eigenvalue weighted by molar-refractivity contribution is 14.0. The minimum Gasteiger partial charge on any atom is -0.357 e. The molecule has 0 fully saturated rings. The van der Waals surface area contributed by atoms with Gasteiger partial charge in [0, 0.05) is 30.2 Å². The summed E-state index contributed by atoms with van der Waals surface area (Å²) in [4.78, 5) is 6.55. The zero-order valence-corrected chi connectivity index (χ0v) is 19.0. The predicted octanol–water partition coefficient (Wildman–Crippen LogP) is 4.41. The maximum Gasteiger partial charge on any atom is 0.191 e. The zero-order valence-electron chi connectivity index (χ0n) is 15.9. The number of benzene rings is 2. The molecule has 0 bridgehead atoms. The van der Waals surface area contributed by atoms with Crippen molar-refractivity contribution in [2.45, 2.75) is 26.6 Å². The van der Waals surface area contributed by atoms with E-state index < -0.39 is 0 Å². The smallest absolute Gasteiger partial charge is 0.191 e. The summed E-state index contributed by atoms with van der Waals surface area (Å²) < 4.78 is 13.9. The number of hydrogen-bond acceptors (Lipinski definition) is 2. The summed E-state index contributed by atoms with van der Waals surface area (Å²) in [5.41, 5.74) is 2.78. The Morgan fingerprint density at radius 1 is 1.07 bits per heavy atom. The van der Waals surface area contributed by atoms with Crippen LogP contribution in [0.5, 0.6) is 0 Å². The molecule has 0 aliphatic rings. The van der Waals surface area contributed by atoms with Crippen molar-refractivity contribution in [1.29, 1.82) is 0 Å². The van der Waals surface area contributed by atoms with E-state index >= 15 is 0 Å². The summed E-state index contributed by atoms with van der Waals surface area (Å²) in [5.74, 6) is 0.542. The van der Waals surface area contributed by atoms with E-state index in [9.17, 15) is 4.39 Å². The Morgan fingerprint density at radius 2 is 1.74 bits per heavy atom. The molecule has 0 saturated heterocycles. The molecule has 148 valence electrons. The minimum absolute atomic E-state index is 0. The van der Waals surface area contributed by atoms with E-state index in [2.05, 4.69) is 15.6 Å². The number of rotatable bonds is 7. The van der Waals surface area contributed by atoms with Crippen LogP contribution in [0.3, 0.4) is 0 Å². The molecule has 2 N–H and O–H groups in total. The number of guanidine groups is 1. The van der Waals surface area contributed by atoms with Gasteiger partial charge < -0.3 is 15.5 Å². The van der Waals surface area contributed by atoms with Gasteiger partial charge in [-0.15, -0.1) is 24.0 Å². The quantitative estimate of drug-likeness (QED) is 0.333. The summed E-state index contributed by atoms with van der Waals surface area (Å²) in [6.45, 7) is 4.49. The Morgan fingerprint density at radius 3 is 2.37 bits per heavy atom. The number of nitrogens with zero attached hydrogens (tertiary/aromatic N) is 2. The molecule has 0 heterocycles. The molecule has 4 nitrogen and oxygen atoms in total. The molecule has 2 aromatic rings. The van der Waals surface area contributed by atoms with Gasteiger partial charge in [-0.25, -0.2) is 9.38 Å². The van der Waals surface area contributed by atoms with Gasteiger partial charge in [0.1, 0.15) is 5.82 Å². The van der Waals surface area contributed by atoms with Crippen molar-refractivity contribution in [2.75, 3.05) is 20.6 Å². The van der Waals surface area contributed by atoms with E-state index in [0.29, 0.717) is 25.2 Å². The van der Waals surface area contributed by atoms with Gasteiger partial charge in [0.15, 0.2) is 5.96 Å². The van der Waals surface area contributed by atoms with Crippen molar-refractivity contribution in [1.82, 2.24) is 15.5 Å². The van der Waals surface area contributed by atoms with E-state index in [0.717, 1.165) is 28.7 Å². The lowest BCUT2D eigenvalue weighted by atomic mass is 10.1. The highest BCUT2D eigenvalue weighted by atomic mass is 127. The average Bonchev–Trinajstić information content (AvgIpc) is 2.61. The van der Waals surface area contributed by atoms with Gasteiger partial charge in [-0.2, -0.15) is 0 Å². The van der Waals surface area contributed by atoms with Crippen molar-refractivity contribution in [3.63, 3.8) is 0 Å². The van der Waals surface area contributed by atoms with Crippen molar-refractivity contribution in [2.24, 2.45) is 4.99 Å². The van der Waals surface area contributed by atoms with Gasteiger partial charge in [0.25, 0.3) is 0 Å². The van der Waals surface area contributed by atoms with Crippen molar-refractivity contribution in [3.8, 4) is 0 Å². The third-order valence-corrected chi connectivity index (χ3v) is 3.99. The van der Waals surface area contributed by atoms with Crippen LogP contribution in [0.25, 0.3) is 0 Å². The zero-order chi connectivity index (χ0) is 18.9. The van der Waals surface area contributed by atoms with Gasteiger partial charge in [0.05, 0.1) is 6.54 Å². The van der Waals surface area contributed by atoms with Gasteiger partial charge in [-0.05, 0) is 56.4 Å². The molecule has 0 aromatic heterocycles. The van der Waals surface area contributed by atoms with Gasteiger partial charge in [-0.1, -0.05) is 29.8 Å². The molecular weight excluding hydrogens is 478 g/mol. The van der Waals surface area contributed by atoms with Gasteiger partial charge in [-0.3, -0.25) is 0 Å². The molecule has 0 aliphatic carbocycles. The monoisotopic (exact) mass is 504 g/mol. The highest BCUT2D eigenvalue weighted by Crippen LogP contribution is 2.13. The minimum atomic E-state index is -0.181. The average molecular weight is 505 g/mol. The molecule has 0 spiro atoms. The van der Waals surface area contributed by atoms with Crippen LogP contribution in [0.1, 0.15) is 23.6 Å². The molecule has 0 unspecified atom stereocenters. The van der Waals surface area contributed by atoms with Crippen LogP contribution in [-0.4, -0.2) is 31.5 Å².